The Balaban J connectivity index is 1.29. The zero-order valence-corrected chi connectivity index (χ0v) is 17.0. The zero-order valence-electron chi connectivity index (χ0n) is 15.4. The summed E-state index contributed by atoms with van der Waals surface area (Å²) in [4.78, 5) is 50.3. The summed E-state index contributed by atoms with van der Waals surface area (Å²) in [5, 5.41) is 2.67. The van der Waals surface area contributed by atoms with Crippen molar-refractivity contribution in [2.24, 2.45) is 23.7 Å². The Hall–Kier alpha value is -2.22. The van der Waals surface area contributed by atoms with Crippen molar-refractivity contribution in [1.82, 2.24) is 4.90 Å². The highest BCUT2D eigenvalue weighted by Crippen LogP contribution is 2.56. The zero-order chi connectivity index (χ0) is 20.0. The molecule has 2 saturated carbocycles. The maximum Gasteiger partial charge on any atom is 0.326 e. The summed E-state index contributed by atoms with van der Waals surface area (Å²) < 4.78 is 5.88. The van der Waals surface area contributed by atoms with E-state index in [4.69, 9.17) is 4.74 Å². The molecule has 7 nitrogen and oxygen atoms in total. The third-order valence-electron chi connectivity index (χ3n) is 6.13. The number of carbonyl (C=O) groups excluding carboxylic acids is 4. The summed E-state index contributed by atoms with van der Waals surface area (Å²) in [6, 6.07) is 5.40. The highest BCUT2D eigenvalue weighted by Gasteiger charge is 2.61. The predicted molar refractivity (Wildman–Crippen MR) is 103 cm³/mol. The number of aryl methyl sites for hydroxylation is 1. The number of benzene rings is 1. The fourth-order valence-electron chi connectivity index (χ4n) is 4.90. The smallest absolute Gasteiger partial charge is 0.326 e. The van der Waals surface area contributed by atoms with Crippen LogP contribution < -0.4 is 5.32 Å². The second-order valence-electron chi connectivity index (χ2n) is 7.82. The van der Waals surface area contributed by atoms with Crippen LogP contribution in [0.3, 0.4) is 0 Å². The number of imide groups is 1. The van der Waals surface area contributed by atoms with Gasteiger partial charge in [0.05, 0.1) is 11.8 Å². The molecule has 148 valence electrons. The van der Waals surface area contributed by atoms with Crippen LogP contribution in [0, 0.1) is 30.6 Å². The molecule has 8 heteroatoms. The maximum atomic E-state index is 12.6. The van der Waals surface area contributed by atoms with Gasteiger partial charge in [-0.25, -0.2) is 0 Å². The number of anilines is 1. The largest absolute Gasteiger partial charge is 0.454 e. The SMILES string of the molecule is Cc1cc(Br)ccc1NC(=O)COC(=O)CN1C(=O)[C@@H]2[C@H]3CC[C@@H](C3)[C@@H]2C1=O. The van der Waals surface area contributed by atoms with Crippen molar-refractivity contribution in [1.29, 1.82) is 0 Å². The molecule has 28 heavy (non-hydrogen) atoms. The van der Waals surface area contributed by atoms with Crippen molar-refractivity contribution in [3.63, 3.8) is 0 Å². The molecular formula is C20H21BrN2O5. The Labute approximate surface area is 170 Å². The van der Waals surface area contributed by atoms with E-state index in [2.05, 4.69) is 21.2 Å². The Morgan fingerprint density at radius 2 is 1.82 bits per heavy atom. The molecule has 2 aliphatic carbocycles. The van der Waals surface area contributed by atoms with Gasteiger partial charge in [0.15, 0.2) is 6.61 Å². The lowest BCUT2D eigenvalue weighted by atomic mass is 9.81. The first-order valence-electron chi connectivity index (χ1n) is 9.42. The van der Waals surface area contributed by atoms with Gasteiger partial charge in [-0.3, -0.25) is 24.1 Å². The van der Waals surface area contributed by atoms with Gasteiger partial charge in [-0.05, 0) is 61.8 Å². The van der Waals surface area contributed by atoms with Gasteiger partial charge in [-0.15, -0.1) is 0 Å². The van der Waals surface area contributed by atoms with Crippen LogP contribution in [0.4, 0.5) is 5.69 Å². The number of amides is 3. The first kappa shape index (κ1) is 19.1. The summed E-state index contributed by atoms with van der Waals surface area (Å²) >= 11 is 3.35. The van der Waals surface area contributed by atoms with Gasteiger partial charge in [-0.2, -0.15) is 0 Å². The first-order chi connectivity index (χ1) is 13.3. The van der Waals surface area contributed by atoms with Gasteiger partial charge in [0.2, 0.25) is 11.8 Å². The Morgan fingerprint density at radius 3 is 2.43 bits per heavy atom. The number of halogens is 1. The molecule has 1 saturated heterocycles. The number of hydrogen-bond acceptors (Lipinski definition) is 5. The molecule has 0 radical (unpaired) electrons. The number of ether oxygens (including phenoxy) is 1. The molecule has 4 rings (SSSR count). The van der Waals surface area contributed by atoms with Crippen LogP contribution in [0.25, 0.3) is 0 Å². The third-order valence-corrected chi connectivity index (χ3v) is 6.63. The normalized spacial score (nSPS) is 27.9. The van der Waals surface area contributed by atoms with Crippen LogP contribution in [-0.4, -0.2) is 41.7 Å². The average molecular weight is 449 g/mol. The molecule has 3 amide bonds. The van der Waals surface area contributed by atoms with E-state index in [1.54, 1.807) is 12.1 Å². The minimum absolute atomic E-state index is 0.255. The van der Waals surface area contributed by atoms with Gasteiger partial charge < -0.3 is 10.1 Å². The Bertz CT molecular complexity index is 842. The summed E-state index contributed by atoms with van der Waals surface area (Å²) in [5.74, 6) is -1.72. The number of likely N-dealkylation sites (tertiary alicyclic amines) is 1. The van der Waals surface area contributed by atoms with Crippen molar-refractivity contribution >= 4 is 45.3 Å². The van der Waals surface area contributed by atoms with E-state index in [1.807, 2.05) is 13.0 Å². The van der Waals surface area contributed by atoms with Crippen molar-refractivity contribution in [2.75, 3.05) is 18.5 Å². The van der Waals surface area contributed by atoms with E-state index < -0.39 is 25.0 Å². The number of nitrogens with zero attached hydrogens (tertiary/aromatic N) is 1. The number of esters is 1. The topological polar surface area (TPSA) is 92.8 Å². The monoisotopic (exact) mass is 448 g/mol. The van der Waals surface area contributed by atoms with Crippen LogP contribution in [-0.2, 0) is 23.9 Å². The molecule has 1 N–H and O–H groups in total. The first-order valence-corrected chi connectivity index (χ1v) is 10.2. The molecular weight excluding hydrogens is 428 g/mol. The highest BCUT2D eigenvalue weighted by atomic mass is 79.9. The Morgan fingerprint density at radius 1 is 1.18 bits per heavy atom. The molecule has 1 aliphatic heterocycles. The van der Waals surface area contributed by atoms with Crippen molar-refractivity contribution in [2.45, 2.75) is 26.2 Å². The predicted octanol–water partition coefficient (Wildman–Crippen LogP) is 2.27. The van der Waals surface area contributed by atoms with Crippen molar-refractivity contribution in [3.8, 4) is 0 Å². The molecule has 1 heterocycles. The van der Waals surface area contributed by atoms with Gasteiger partial charge in [-0.1, -0.05) is 15.9 Å². The van der Waals surface area contributed by atoms with Crippen molar-refractivity contribution in [3.05, 3.63) is 28.2 Å². The fraction of sp³-hybridized carbons (Fsp3) is 0.500. The van der Waals surface area contributed by atoms with Crippen LogP contribution in [0.1, 0.15) is 24.8 Å². The number of rotatable bonds is 5. The Kier molecular flexibility index (Phi) is 4.99. The van der Waals surface area contributed by atoms with E-state index in [0.717, 1.165) is 34.2 Å². The summed E-state index contributed by atoms with van der Waals surface area (Å²) in [5.41, 5.74) is 1.49. The number of carbonyl (C=O) groups is 4. The lowest BCUT2D eigenvalue weighted by Crippen LogP contribution is -2.38. The minimum atomic E-state index is -0.753. The van der Waals surface area contributed by atoms with Gasteiger partial charge >= 0.3 is 5.97 Å². The number of fused-ring (bicyclic) bond motifs is 5. The van der Waals surface area contributed by atoms with Crippen LogP contribution in [0.5, 0.6) is 0 Å². The highest BCUT2D eigenvalue weighted by molar-refractivity contribution is 9.10. The van der Waals surface area contributed by atoms with Gasteiger partial charge in [0.1, 0.15) is 6.54 Å². The lowest BCUT2D eigenvalue weighted by molar-refractivity contribution is -0.154. The van der Waals surface area contributed by atoms with Crippen LogP contribution in [0.2, 0.25) is 0 Å². The maximum absolute atomic E-state index is 12.6. The molecule has 1 aromatic rings. The molecule has 0 spiro atoms. The number of nitrogens with one attached hydrogen (secondary N) is 1. The lowest BCUT2D eigenvalue weighted by Gasteiger charge is -2.19. The molecule has 0 aromatic heterocycles. The summed E-state index contributed by atoms with van der Waals surface area (Å²) in [7, 11) is 0. The second kappa shape index (κ2) is 7.31. The average Bonchev–Trinajstić information content (AvgIpc) is 3.32. The van der Waals surface area contributed by atoms with Gasteiger partial charge in [0.25, 0.3) is 5.91 Å². The van der Waals surface area contributed by atoms with Crippen LogP contribution in [0.15, 0.2) is 22.7 Å². The van der Waals surface area contributed by atoms with Crippen molar-refractivity contribution < 1.29 is 23.9 Å². The summed E-state index contributed by atoms with van der Waals surface area (Å²) in [6.45, 7) is 0.957. The van der Waals surface area contributed by atoms with E-state index in [9.17, 15) is 19.2 Å². The minimum Gasteiger partial charge on any atom is -0.454 e. The molecule has 2 bridgehead atoms. The summed E-state index contributed by atoms with van der Waals surface area (Å²) in [6.07, 6.45) is 2.91. The molecule has 4 atom stereocenters. The number of hydrogen-bond donors (Lipinski definition) is 1. The molecule has 0 unspecified atom stereocenters. The van der Waals surface area contributed by atoms with Gasteiger partial charge in [0, 0.05) is 10.2 Å². The molecule has 3 fully saturated rings. The quantitative estimate of drug-likeness (QED) is 0.550. The van der Waals surface area contributed by atoms with E-state index in [1.165, 1.54) is 0 Å². The van der Waals surface area contributed by atoms with E-state index in [0.29, 0.717) is 5.69 Å². The van der Waals surface area contributed by atoms with E-state index >= 15 is 0 Å². The molecule has 1 aromatic carbocycles. The second-order valence-corrected chi connectivity index (χ2v) is 8.73. The third kappa shape index (κ3) is 3.34. The standard InChI is InChI=1S/C20H21BrN2O5/c1-10-6-13(21)4-5-14(10)22-15(24)9-28-16(25)8-23-19(26)17-11-2-3-12(7-11)18(17)20(23)27/h4-6,11-12,17-18H,2-3,7-9H2,1H3,(H,22,24)/t11-,12-,17-,18+/m0/s1. The fourth-order valence-corrected chi connectivity index (χ4v) is 5.38. The van der Waals surface area contributed by atoms with Crippen LogP contribution >= 0.6 is 15.9 Å². The molecule has 3 aliphatic rings. The van der Waals surface area contributed by atoms with E-state index in [-0.39, 0.29) is 35.5 Å².